The Bertz CT molecular complexity index is 1280. The van der Waals surface area contributed by atoms with E-state index in [9.17, 15) is 5.11 Å². The van der Waals surface area contributed by atoms with Gasteiger partial charge in [0.15, 0.2) is 5.82 Å². The minimum absolute atomic E-state index is 0.00542. The fraction of sp³-hybridized carbons (Fsp3) is 0.400. The van der Waals surface area contributed by atoms with Crippen LogP contribution < -0.4 is 0 Å². The number of fused-ring (bicyclic) bond motifs is 1. The maximum Gasteiger partial charge on any atom is 0.180 e. The summed E-state index contributed by atoms with van der Waals surface area (Å²) in [5.74, 6) is 0.978. The summed E-state index contributed by atoms with van der Waals surface area (Å²) < 4.78 is 2.35. The third-order valence-electron chi connectivity index (χ3n) is 5.49. The van der Waals surface area contributed by atoms with E-state index in [1.54, 1.807) is 13.1 Å². The molecule has 4 rings (SSSR count). The summed E-state index contributed by atoms with van der Waals surface area (Å²) in [5, 5.41) is 25.0. The lowest BCUT2D eigenvalue weighted by atomic mass is 9.87. The number of benzene rings is 2. The smallest absolute Gasteiger partial charge is 0.180 e. The minimum atomic E-state index is -0.338. The van der Waals surface area contributed by atoms with E-state index in [1.165, 1.54) is 15.4 Å². The number of hydrogen-bond donors (Lipinski definition) is 1. The molecule has 0 bridgehead atoms. The van der Waals surface area contributed by atoms with Gasteiger partial charge in [-0.3, -0.25) is 0 Å². The van der Waals surface area contributed by atoms with E-state index in [4.69, 9.17) is 11.6 Å². The maximum absolute atomic E-state index is 10.3. The summed E-state index contributed by atoms with van der Waals surface area (Å²) in [4.78, 5) is 2.68. The van der Waals surface area contributed by atoms with Crippen LogP contribution in [0.25, 0.3) is 10.9 Å². The van der Waals surface area contributed by atoms with E-state index in [-0.39, 0.29) is 15.9 Å². The number of nitrogens with zero attached hydrogens (tertiary/aromatic N) is 5. The zero-order chi connectivity index (χ0) is 24.0. The summed E-state index contributed by atoms with van der Waals surface area (Å²) in [7, 11) is 1.79. The van der Waals surface area contributed by atoms with Gasteiger partial charge in [-0.2, -0.15) is 4.80 Å². The van der Waals surface area contributed by atoms with Gasteiger partial charge < -0.3 is 9.67 Å². The molecular weight excluding hydrogens is 454 g/mol. The highest BCUT2D eigenvalue weighted by atomic mass is 35.5. The molecule has 4 aromatic rings. The molecule has 2 aromatic carbocycles. The Hall–Kier alpha value is -2.51. The molecule has 0 aliphatic rings. The SMILES string of the molecule is Cn1nnc(C(C)(C)Cc2c(SC(C)(C)C)c3cc(O)ccc3n2Cc2ccc(Cl)cc2)n1. The van der Waals surface area contributed by atoms with Gasteiger partial charge in [-0.05, 0) is 41.1 Å². The molecular formula is C25H30ClN5OS. The van der Waals surface area contributed by atoms with Crippen molar-refractivity contribution in [1.82, 2.24) is 24.8 Å². The van der Waals surface area contributed by atoms with Gasteiger partial charge in [-0.25, -0.2) is 0 Å². The number of halogens is 1. The number of phenolic OH excluding ortho intramolecular Hbond substituents is 1. The number of thioether (sulfide) groups is 1. The molecule has 0 atom stereocenters. The molecule has 0 fully saturated rings. The van der Waals surface area contributed by atoms with E-state index in [2.05, 4.69) is 66.7 Å². The van der Waals surface area contributed by atoms with Crippen LogP contribution in [0.3, 0.4) is 0 Å². The Labute approximate surface area is 203 Å². The number of aromatic nitrogens is 5. The lowest BCUT2D eigenvalue weighted by Crippen LogP contribution is -2.25. The fourth-order valence-corrected chi connectivity index (χ4v) is 5.28. The number of aryl methyl sites for hydroxylation is 1. The van der Waals surface area contributed by atoms with E-state index in [1.807, 2.05) is 36.0 Å². The normalized spacial score (nSPS) is 12.6. The Kier molecular flexibility index (Phi) is 6.22. The van der Waals surface area contributed by atoms with Crippen molar-refractivity contribution in [2.24, 2.45) is 7.05 Å². The first-order valence-corrected chi connectivity index (χ1v) is 12.1. The van der Waals surface area contributed by atoms with Crippen LogP contribution in [0.15, 0.2) is 47.4 Å². The number of phenols is 1. The lowest BCUT2D eigenvalue weighted by molar-refractivity contribution is 0.465. The third-order valence-corrected chi connectivity index (χ3v) is 7.01. The van der Waals surface area contributed by atoms with Gasteiger partial charge in [0.25, 0.3) is 0 Å². The largest absolute Gasteiger partial charge is 0.508 e. The standard InChI is InChI=1S/C25H30ClN5OS/c1-24(2,3)33-22-19-13-18(32)11-12-20(19)31(15-16-7-9-17(26)10-8-16)21(22)14-25(4,5)23-27-29-30(6)28-23/h7-13,32H,14-15H2,1-6H3. The van der Waals surface area contributed by atoms with Crippen LogP contribution in [0.5, 0.6) is 5.75 Å². The first-order chi connectivity index (χ1) is 15.4. The topological polar surface area (TPSA) is 68.8 Å². The van der Waals surface area contributed by atoms with Crippen molar-refractivity contribution < 1.29 is 5.11 Å². The molecule has 0 radical (unpaired) electrons. The predicted octanol–water partition coefficient (Wildman–Crippen LogP) is 5.98. The first kappa shape index (κ1) is 23.6. The molecule has 0 saturated carbocycles. The van der Waals surface area contributed by atoms with E-state index < -0.39 is 0 Å². The second kappa shape index (κ2) is 8.69. The average Bonchev–Trinajstić information content (AvgIpc) is 3.26. The van der Waals surface area contributed by atoms with Gasteiger partial charge in [-0.1, -0.05) is 58.4 Å². The summed E-state index contributed by atoms with van der Waals surface area (Å²) >= 11 is 7.96. The van der Waals surface area contributed by atoms with Crippen molar-refractivity contribution in [3.8, 4) is 5.75 Å². The zero-order valence-corrected chi connectivity index (χ0v) is 21.5. The van der Waals surface area contributed by atoms with Gasteiger partial charge in [0.05, 0.1) is 7.05 Å². The second-order valence-corrected chi connectivity index (χ2v) is 12.3. The monoisotopic (exact) mass is 483 g/mol. The molecule has 2 aromatic heterocycles. The van der Waals surface area contributed by atoms with Crippen LogP contribution in [0.2, 0.25) is 5.02 Å². The molecule has 6 nitrogen and oxygen atoms in total. The second-order valence-electron chi connectivity index (χ2n) is 10.1. The van der Waals surface area contributed by atoms with Crippen LogP contribution in [0, 0.1) is 0 Å². The van der Waals surface area contributed by atoms with Gasteiger partial charge >= 0.3 is 0 Å². The lowest BCUT2D eigenvalue weighted by Gasteiger charge is -2.25. The Balaban J connectivity index is 1.92. The summed E-state index contributed by atoms with van der Waals surface area (Å²) in [6.45, 7) is 11.6. The van der Waals surface area contributed by atoms with Gasteiger partial charge in [0.2, 0.25) is 0 Å². The Morgan fingerprint density at radius 3 is 2.33 bits per heavy atom. The van der Waals surface area contributed by atoms with Crippen molar-refractivity contribution in [2.45, 2.75) is 62.6 Å². The summed E-state index contributed by atoms with van der Waals surface area (Å²) in [6.07, 6.45) is 0.722. The molecule has 2 heterocycles. The van der Waals surface area contributed by atoms with E-state index in [0.717, 1.165) is 27.9 Å². The first-order valence-electron chi connectivity index (χ1n) is 10.9. The van der Waals surface area contributed by atoms with Crippen molar-refractivity contribution in [2.75, 3.05) is 0 Å². The fourth-order valence-electron chi connectivity index (χ4n) is 3.97. The molecule has 0 spiro atoms. The molecule has 1 N–H and O–H groups in total. The van der Waals surface area contributed by atoms with Gasteiger partial charge in [-0.15, -0.1) is 22.0 Å². The number of rotatable bonds is 6. The quantitative estimate of drug-likeness (QED) is 0.341. The molecule has 0 amide bonds. The minimum Gasteiger partial charge on any atom is -0.508 e. The summed E-state index contributed by atoms with van der Waals surface area (Å²) in [6, 6.07) is 13.6. The molecule has 0 aliphatic heterocycles. The highest BCUT2D eigenvalue weighted by Crippen LogP contribution is 2.44. The molecule has 8 heteroatoms. The molecule has 174 valence electrons. The number of tetrazole rings is 1. The highest BCUT2D eigenvalue weighted by Gasteiger charge is 2.32. The van der Waals surface area contributed by atoms with Crippen molar-refractivity contribution in [3.05, 3.63) is 64.6 Å². The zero-order valence-electron chi connectivity index (χ0n) is 19.9. The van der Waals surface area contributed by atoms with Crippen molar-refractivity contribution in [3.63, 3.8) is 0 Å². The van der Waals surface area contributed by atoms with Crippen LogP contribution in [0.4, 0.5) is 0 Å². The van der Waals surface area contributed by atoms with E-state index >= 15 is 0 Å². The van der Waals surface area contributed by atoms with Gasteiger partial charge in [0, 0.05) is 49.6 Å². The molecule has 0 saturated heterocycles. The van der Waals surface area contributed by atoms with Crippen LogP contribution in [-0.2, 0) is 25.4 Å². The third kappa shape index (κ3) is 5.20. The summed E-state index contributed by atoms with van der Waals surface area (Å²) in [5.41, 5.74) is 3.11. The van der Waals surface area contributed by atoms with E-state index in [0.29, 0.717) is 12.4 Å². The number of hydrogen-bond acceptors (Lipinski definition) is 5. The van der Waals surface area contributed by atoms with Crippen molar-refractivity contribution in [1.29, 1.82) is 0 Å². The van der Waals surface area contributed by atoms with Crippen molar-refractivity contribution >= 4 is 34.3 Å². The van der Waals surface area contributed by atoms with Crippen LogP contribution in [-0.4, -0.2) is 34.6 Å². The van der Waals surface area contributed by atoms with Gasteiger partial charge in [0.1, 0.15) is 5.75 Å². The molecule has 0 aliphatic carbocycles. The molecule has 33 heavy (non-hydrogen) atoms. The highest BCUT2D eigenvalue weighted by molar-refractivity contribution is 8.00. The maximum atomic E-state index is 10.3. The van der Waals surface area contributed by atoms with Crippen LogP contribution >= 0.6 is 23.4 Å². The van der Waals surface area contributed by atoms with Crippen LogP contribution in [0.1, 0.15) is 51.7 Å². The molecule has 0 unspecified atom stereocenters. The Morgan fingerprint density at radius 1 is 1.03 bits per heavy atom. The predicted molar refractivity (Wildman–Crippen MR) is 135 cm³/mol. The Morgan fingerprint density at radius 2 is 1.73 bits per heavy atom. The average molecular weight is 484 g/mol. The number of aromatic hydroxyl groups is 1.